The van der Waals surface area contributed by atoms with E-state index in [1.807, 2.05) is 36.4 Å². The van der Waals surface area contributed by atoms with Gasteiger partial charge in [-0.3, -0.25) is 0 Å². The zero-order valence-corrected chi connectivity index (χ0v) is 14.4. The van der Waals surface area contributed by atoms with E-state index in [1.54, 1.807) is 6.07 Å². The lowest BCUT2D eigenvalue weighted by Gasteiger charge is -2.28. The largest absolute Gasteiger partial charge is 0.489 e. The summed E-state index contributed by atoms with van der Waals surface area (Å²) in [6, 6.07) is 17.6. The molecule has 0 atom stereocenters. The third-order valence-corrected chi connectivity index (χ3v) is 4.89. The van der Waals surface area contributed by atoms with E-state index in [4.69, 9.17) is 10.00 Å². The number of nitrogens with one attached hydrogen (secondary N) is 1. The molecule has 4 nitrogen and oxygen atoms in total. The van der Waals surface area contributed by atoms with Gasteiger partial charge in [0, 0.05) is 12.1 Å². The van der Waals surface area contributed by atoms with Crippen LogP contribution < -0.4 is 10.1 Å². The lowest BCUT2D eigenvalue weighted by atomic mass is 9.98. The Bertz CT molecular complexity index is 746. The van der Waals surface area contributed by atoms with Crippen molar-refractivity contribution in [3.8, 4) is 11.8 Å². The van der Waals surface area contributed by atoms with Crippen LogP contribution in [0, 0.1) is 11.3 Å². The van der Waals surface area contributed by atoms with Gasteiger partial charge in [-0.1, -0.05) is 37.1 Å². The quantitative estimate of drug-likeness (QED) is 0.812. The van der Waals surface area contributed by atoms with Crippen LogP contribution in [0.15, 0.2) is 48.5 Å². The van der Waals surface area contributed by atoms with Crippen LogP contribution in [0.2, 0.25) is 0 Å². The van der Waals surface area contributed by atoms with E-state index in [9.17, 15) is 5.11 Å². The Morgan fingerprint density at radius 3 is 2.60 bits per heavy atom. The molecule has 1 aliphatic rings. The third kappa shape index (κ3) is 4.60. The summed E-state index contributed by atoms with van der Waals surface area (Å²) in [6.45, 7) is 1.35. The van der Waals surface area contributed by atoms with E-state index in [-0.39, 0.29) is 12.1 Å². The fourth-order valence-corrected chi connectivity index (χ4v) is 3.37. The fourth-order valence-electron chi connectivity index (χ4n) is 3.37. The summed E-state index contributed by atoms with van der Waals surface area (Å²) >= 11 is 0. The van der Waals surface area contributed by atoms with Gasteiger partial charge >= 0.3 is 0 Å². The van der Waals surface area contributed by atoms with E-state index in [1.165, 1.54) is 12.8 Å². The van der Waals surface area contributed by atoms with Crippen LogP contribution in [0.4, 0.5) is 0 Å². The summed E-state index contributed by atoms with van der Waals surface area (Å²) < 4.78 is 5.87. The molecule has 0 aromatic heterocycles. The molecule has 25 heavy (non-hydrogen) atoms. The molecule has 3 rings (SSSR count). The highest BCUT2D eigenvalue weighted by molar-refractivity contribution is 5.33. The number of hydrogen-bond acceptors (Lipinski definition) is 4. The third-order valence-electron chi connectivity index (χ3n) is 4.89. The summed E-state index contributed by atoms with van der Waals surface area (Å²) in [7, 11) is 0. The summed E-state index contributed by atoms with van der Waals surface area (Å²) in [5.74, 6) is 0.811. The number of rotatable bonds is 7. The molecule has 0 bridgehead atoms. The number of hydrogen-bond donors (Lipinski definition) is 2. The molecule has 1 fully saturated rings. The highest BCUT2D eigenvalue weighted by Crippen LogP contribution is 2.29. The standard InChI is InChI=1S/C21H24N2O2/c22-13-17-5-3-7-19(11-17)15-25-20-8-4-6-18(12-20)14-23-21(16-24)9-1-2-10-21/h3-8,11-12,23-24H,1-2,9-10,14-16H2. The van der Waals surface area contributed by atoms with Gasteiger partial charge in [0.15, 0.2) is 0 Å². The van der Waals surface area contributed by atoms with Gasteiger partial charge < -0.3 is 15.2 Å². The first-order valence-corrected chi connectivity index (χ1v) is 8.80. The number of nitriles is 1. The number of benzene rings is 2. The molecule has 0 amide bonds. The summed E-state index contributed by atoms with van der Waals surface area (Å²) in [6.07, 6.45) is 4.43. The highest BCUT2D eigenvalue weighted by Gasteiger charge is 2.32. The van der Waals surface area contributed by atoms with Crippen LogP contribution >= 0.6 is 0 Å². The fraction of sp³-hybridized carbons (Fsp3) is 0.381. The molecule has 0 aliphatic heterocycles. The summed E-state index contributed by atoms with van der Waals surface area (Å²) in [5, 5.41) is 22.2. The molecule has 1 saturated carbocycles. The number of aliphatic hydroxyl groups excluding tert-OH is 1. The minimum Gasteiger partial charge on any atom is -0.489 e. The van der Waals surface area contributed by atoms with E-state index < -0.39 is 0 Å². The SMILES string of the molecule is N#Cc1cccc(COc2cccc(CNC3(CO)CCCC3)c2)c1. The predicted octanol–water partition coefficient (Wildman–Crippen LogP) is 3.53. The average molecular weight is 336 g/mol. The zero-order chi connectivity index (χ0) is 17.5. The van der Waals surface area contributed by atoms with Crippen molar-refractivity contribution >= 4 is 0 Å². The Labute approximate surface area is 149 Å². The van der Waals surface area contributed by atoms with Crippen molar-refractivity contribution in [2.45, 2.75) is 44.4 Å². The minimum absolute atomic E-state index is 0.116. The first kappa shape index (κ1) is 17.5. The maximum Gasteiger partial charge on any atom is 0.120 e. The Morgan fingerprint density at radius 1 is 1.08 bits per heavy atom. The van der Waals surface area contributed by atoms with Crippen molar-refractivity contribution in [1.29, 1.82) is 5.26 Å². The Hall–Kier alpha value is -2.35. The van der Waals surface area contributed by atoms with Gasteiger partial charge in [0.25, 0.3) is 0 Å². The predicted molar refractivity (Wildman–Crippen MR) is 97.1 cm³/mol. The second kappa shape index (κ2) is 8.15. The topological polar surface area (TPSA) is 65.3 Å². The van der Waals surface area contributed by atoms with Gasteiger partial charge in [0.05, 0.1) is 18.2 Å². The van der Waals surface area contributed by atoms with Crippen LogP contribution in [0.25, 0.3) is 0 Å². The normalized spacial score (nSPS) is 15.7. The first-order chi connectivity index (χ1) is 12.2. The van der Waals surface area contributed by atoms with Crippen molar-refractivity contribution < 1.29 is 9.84 Å². The van der Waals surface area contributed by atoms with Crippen LogP contribution in [-0.2, 0) is 13.2 Å². The van der Waals surface area contributed by atoms with E-state index >= 15 is 0 Å². The minimum atomic E-state index is -0.116. The molecule has 2 aromatic carbocycles. The van der Waals surface area contributed by atoms with Gasteiger partial charge in [0.2, 0.25) is 0 Å². The van der Waals surface area contributed by atoms with Crippen LogP contribution in [-0.4, -0.2) is 17.3 Å². The molecule has 2 N–H and O–H groups in total. The van der Waals surface area contributed by atoms with Crippen molar-refractivity contribution in [2.75, 3.05) is 6.61 Å². The van der Waals surface area contributed by atoms with E-state index in [0.29, 0.717) is 12.2 Å². The van der Waals surface area contributed by atoms with Crippen molar-refractivity contribution in [2.24, 2.45) is 0 Å². The molecular weight excluding hydrogens is 312 g/mol. The van der Waals surface area contributed by atoms with Gasteiger partial charge in [0.1, 0.15) is 12.4 Å². The summed E-state index contributed by atoms with van der Waals surface area (Å²) in [4.78, 5) is 0. The monoisotopic (exact) mass is 336 g/mol. The Balaban J connectivity index is 1.58. The van der Waals surface area contributed by atoms with Crippen molar-refractivity contribution in [3.63, 3.8) is 0 Å². The second-order valence-corrected chi connectivity index (χ2v) is 6.75. The van der Waals surface area contributed by atoms with Gasteiger partial charge in [-0.15, -0.1) is 0 Å². The smallest absolute Gasteiger partial charge is 0.120 e. The van der Waals surface area contributed by atoms with Gasteiger partial charge in [-0.2, -0.15) is 5.26 Å². The molecule has 4 heteroatoms. The molecule has 1 aliphatic carbocycles. The molecule has 0 saturated heterocycles. The lowest BCUT2D eigenvalue weighted by Crippen LogP contribution is -2.45. The lowest BCUT2D eigenvalue weighted by molar-refractivity contribution is 0.163. The second-order valence-electron chi connectivity index (χ2n) is 6.75. The molecule has 0 radical (unpaired) electrons. The van der Waals surface area contributed by atoms with E-state index in [2.05, 4.69) is 17.5 Å². The highest BCUT2D eigenvalue weighted by atomic mass is 16.5. The average Bonchev–Trinajstić information content (AvgIpc) is 3.15. The molecule has 2 aromatic rings. The molecule has 0 unspecified atom stereocenters. The van der Waals surface area contributed by atoms with Crippen LogP contribution in [0.5, 0.6) is 5.75 Å². The molecule has 0 heterocycles. The maximum absolute atomic E-state index is 9.69. The van der Waals surface area contributed by atoms with E-state index in [0.717, 1.165) is 36.3 Å². The van der Waals surface area contributed by atoms with Gasteiger partial charge in [-0.05, 0) is 48.2 Å². The summed E-state index contributed by atoms with van der Waals surface area (Å²) in [5.41, 5.74) is 2.65. The maximum atomic E-state index is 9.69. The van der Waals surface area contributed by atoms with Crippen molar-refractivity contribution in [3.05, 3.63) is 65.2 Å². The van der Waals surface area contributed by atoms with Gasteiger partial charge in [-0.25, -0.2) is 0 Å². The van der Waals surface area contributed by atoms with Crippen molar-refractivity contribution in [1.82, 2.24) is 5.32 Å². The zero-order valence-electron chi connectivity index (χ0n) is 14.4. The molecule has 130 valence electrons. The molecular formula is C21H24N2O2. The Kier molecular flexibility index (Phi) is 5.70. The number of aliphatic hydroxyl groups is 1. The molecule has 0 spiro atoms. The number of nitrogens with zero attached hydrogens (tertiary/aromatic N) is 1. The number of ether oxygens (including phenoxy) is 1. The Morgan fingerprint density at radius 2 is 1.84 bits per heavy atom. The van der Waals surface area contributed by atoms with Crippen LogP contribution in [0.1, 0.15) is 42.4 Å². The first-order valence-electron chi connectivity index (χ1n) is 8.80. The van der Waals surface area contributed by atoms with Crippen LogP contribution in [0.3, 0.4) is 0 Å².